The number of hydrogen-bond acceptors (Lipinski definition) is 4. The molecular weight excluding hydrogens is 248 g/mol. The average molecular weight is 266 g/mol. The molecule has 0 aliphatic carbocycles. The molecule has 0 spiro atoms. The first kappa shape index (κ1) is 12.9. The lowest BCUT2D eigenvalue weighted by molar-refractivity contribution is 0.641. The van der Waals surface area contributed by atoms with E-state index >= 15 is 0 Å². The largest absolute Gasteiger partial charge is 0.351 e. The Bertz CT molecular complexity index is 653. The Hall–Kier alpha value is -2.12. The minimum absolute atomic E-state index is 0.431. The SMILES string of the molecule is CCN(c1nc2ccccc2cc1C#N)C1CCNC1. The normalized spacial score (nSPS) is 18.1. The number of benzene rings is 1. The zero-order valence-corrected chi connectivity index (χ0v) is 11.6. The third-order valence-electron chi connectivity index (χ3n) is 3.91. The molecule has 0 amide bonds. The van der Waals surface area contributed by atoms with Gasteiger partial charge in [0.05, 0.1) is 11.1 Å². The highest BCUT2D eigenvalue weighted by atomic mass is 15.2. The Kier molecular flexibility index (Phi) is 3.53. The molecule has 2 aromatic rings. The molecule has 0 bridgehead atoms. The van der Waals surface area contributed by atoms with E-state index in [1.807, 2.05) is 30.3 Å². The van der Waals surface area contributed by atoms with Crippen LogP contribution in [-0.4, -0.2) is 30.7 Å². The number of hydrogen-bond donors (Lipinski definition) is 1. The number of nitrogens with zero attached hydrogens (tertiary/aromatic N) is 3. The van der Waals surface area contributed by atoms with Gasteiger partial charge in [-0.25, -0.2) is 4.98 Å². The first-order valence-corrected chi connectivity index (χ1v) is 7.10. The number of anilines is 1. The highest BCUT2D eigenvalue weighted by Crippen LogP contribution is 2.25. The van der Waals surface area contributed by atoms with Crippen molar-refractivity contribution in [1.82, 2.24) is 10.3 Å². The van der Waals surface area contributed by atoms with E-state index in [1.165, 1.54) is 0 Å². The summed E-state index contributed by atoms with van der Waals surface area (Å²) < 4.78 is 0. The van der Waals surface area contributed by atoms with Crippen LogP contribution in [0.5, 0.6) is 0 Å². The fraction of sp³-hybridized carbons (Fsp3) is 0.375. The van der Waals surface area contributed by atoms with Crippen molar-refractivity contribution in [3.8, 4) is 6.07 Å². The summed E-state index contributed by atoms with van der Waals surface area (Å²) in [7, 11) is 0. The molecule has 1 aliphatic heterocycles. The lowest BCUT2D eigenvalue weighted by Gasteiger charge is -2.29. The Balaban J connectivity index is 2.10. The summed E-state index contributed by atoms with van der Waals surface area (Å²) in [4.78, 5) is 6.99. The van der Waals surface area contributed by atoms with Crippen LogP contribution >= 0.6 is 0 Å². The van der Waals surface area contributed by atoms with E-state index in [-0.39, 0.29) is 0 Å². The molecular formula is C16H18N4. The first-order valence-electron chi connectivity index (χ1n) is 7.10. The summed E-state index contributed by atoms with van der Waals surface area (Å²) in [5.41, 5.74) is 1.61. The first-order chi connectivity index (χ1) is 9.83. The average Bonchev–Trinajstić information content (AvgIpc) is 3.01. The van der Waals surface area contributed by atoms with Crippen LogP contribution in [0.3, 0.4) is 0 Å². The zero-order valence-electron chi connectivity index (χ0n) is 11.6. The Morgan fingerprint density at radius 1 is 1.45 bits per heavy atom. The highest BCUT2D eigenvalue weighted by Gasteiger charge is 2.24. The molecule has 1 N–H and O–H groups in total. The van der Waals surface area contributed by atoms with Gasteiger partial charge in [-0.2, -0.15) is 5.26 Å². The number of likely N-dealkylation sites (N-methyl/N-ethyl adjacent to an activating group) is 1. The molecule has 102 valence electrons. The Morgan fingerprint density at radius 2 is 2.30 bits per heavy atom. The van der Waals surface area contributed by atoms with Crippen LogP contribution < -0.4 is 10.2 Å². The second-order valence-corrected chi connectivity index (χ2v) is 5.10. The molecule has 2 heterocycles. The summed E-state index contributed by atoms with van der Waals surface area (Å²) in [6.45, 7) is 4.99. The molecule has 1 aromatic heterocycles. The topological polar surface area (TPSA) is 52.0 Å². The van der Waals surface area contributed by atoms with Crippen LogP contribution in [-0.2, 0) is 0 Å². The van der Waals surface area contributed by atoms with Crippen molar-refractivity contribution in [2.45, 2.75) is 19.4 Å². The highest BCUT2D eigenvalue weighted by molar-refractivity contribution is 5.83. The van der Waals surface area contributed by atoms with Gasteiger partial charge < -0.3 is 10.2 Å². The number of aromatic nitrogens is 1. The minimum atomic E-state index is 0.431. The van der Waals surface area contributed by atoms with Gasteiger partial charge in [0.1, 0.15) is 11.9 Å². The fourth-order valence-corrected chi connectivity index (χ4v) is 2.89. The van der Waals surface area contributed by atoms with E-state index in [2.05, 4.69) is 23.2 Å². The predicted octanol–water partition coefficient (Wildman–Crippen LogP) is 2.29. The molecule has 4 heteroatoms. The zero-order chi connectivity index (χ0) is 13.9. The van der Waals surface area contributed by atoms with Crippen LogP contribution in [0, 0.1) is 11.3 Å². The van der Waals surface area contributed by atoms with Gasteiger partial charge in [-0.1, -0.05) is 18.2 Å². The van der Waals surface area contributed by atoms with Gasteiger partial charge >= 0.3 is 0 Å². The molecule has 0 radical (unpaired) electrons. The van der Waals surface area contributed by atoms with Crippen LogP contribution in [0.25, 0.3) is 10.9 Å². The van der Waals surface area contributed by atoms with Crippen LogP contribution in [0.15, 0.2) is 30.3 Å². The summed E-state index contributed by atoms with van der Waals surface area (Å²) in [5.74, 6) is 0.822. The maximum Gasteiger partial charge on any atom is 0.147 e. The van der Waals surface area contributed by atoms with Gasteiger partial charge in [0, 0.05) is 24.5 Å². The van der Waals surface area contributed by atoms with Crippen molar-refractivity contribution in [3.63, 3.8) is 0 Å². The number of para-hydroxylation sites is 1. The molecule has 20 heavy (non-hydrogen) atoms. The second kappa shape index (κ2) is 5.48. The monoisotopic (exact) mass is 266 g/mol. The summed E-state index contributed by atoms with van der Waals surface area (Å²) in [6.07, 6.45) is 1.10. The van der Waals surface area contributed by atoms with Crippen molar-refractivity contribution in [3.05, 3.63) is 35.9 Å². The van der Waals surface area contributed by atoms with Crippen LogP contribution in [0.1, 0.15) is 18.9 Å². The van der Waals surface area contributed by atoms with Gasteiger partial charge in [0.15, 0.2) is 0 Å². The lowest BCUT2D eigenvalue weighted by Crippen LogP contribution is -2.37. The lowest BCUT2D eigenvalue weighted by atomic mass is 10.1. The number of fused-ring (bicyclic) bond motifs is 1. The molecule has 1 saturated heterocycles. The minimum Gasteiger partial charge on any atom is -0.351 e. The quantitative estimate of drug-likeness (QED) is 0.926. The number of pyridine rings is 1. The van der Waals surface area contributed by atoms with E-state index in [0.717, 1.165) is 42.8 Å². The van der Waals surface area contributed by atoms with Crippen molar-refractivity contribution in [1.29, 1.82) is 5.26 Å². The van der Waals surface area contributed by atoms with Crippen molar-refractivity contribution in [2.24, 2.45) is 0 Å². The summed E-state index contributed by atoms with van der Waals surface area (Å²) in [5, 5.41) is 13.8. The van der Waals surface area contributed by atoms with Crippen molar-refractivity contribution >= 4 is 16.7 Å². The third-order valence-corrected chi connectivity index (χ3v) is 3.91. The number of nitrogens with one attached hydrogen (secondary N) is 1. The molecule has 1 unspecified atom stereocenters. The van der Waals surface area contributed by atoms with Gasteiger partial charge in [0.25, 0.3) is 0 Å². The molecule has 1 aliphatic rings. The van der Waals surface area contributed by atoms with E-state index in [4.69, 9.17) is 4.98 Å². The fourth-order valence-electron chi connectivity index (χ4n) is 2.89. The smallest absolute Gasteiger partial charge is 0.147 e. The standard InChI is InChI=1S/C16H18N4/c1-2-20(14-7-8-18-11-14)16-13(10-17)9-12-5-3-4-6-15(12)19-16/h3-6,9,14,18H,2,7-8,11H2,1H3. The van der Waals surface area contributed by atoms with Crippen LogP contribution in [0.2, 0.25) is 0 Å². The van der Waals surface area contributed by atoms with E-state index in [1.54, 1.807) is 0 Å². The van der Waals surface area contributed by atoms with Crippen molar-refractivity contribution in [2.75, 3.05) is 24.5 Å². The van der Waals surface area contributed by atoms with Crippen LogP contribution in [0.4, 0.5) is 5.82 Å². The van der Waals surface area contributed by atoms with E-state index < -0.39 is 0 Å². The molecule has 4 nitrogen and oxygen atoms in total. The Labute approximate surface area is 119 Å². The van der Waals surface area contributed by atoms with Gasteiger partial charge in [0.2, 0.25) is 0 Å². The predicted molar refractivity (Wildman–Crippen MR) is 80.8 cm³/mol. The van der Waals surface area contributed by atoms with Gasteiger partial charge in [-0.3, -0.25) is 0 Å². The molecule has 1 fully saturated rings. The number of rotatable bonds is 3. The third kappa shape index (κ3) is 2.21. The summed E-state index contributed by atoms with van der Waals surface area (Å²) >= 11 is 0. The second-order valence-electron chi connectivity index (χ2n) is 5.10. The van der Waals surface area contributed by atoms with E-state index in [9.17, 15) is 5.26 Å². The Morgan fingerprint density at radius 3 is 3.00 bits per heavy atom. The van der Waals surface area contributed by atoms with Gasteiger partial charge in [-0.05, 0) is 32.0 Å². The maximum absolute atomic E-state index is 9.43. The molecule has 3 rings (SSSR count). The molecule has 1 aromatic carbocycles. The summed E-state index contributed by atoms with van der Waals surface area (Å²) in [6, 6.07) is 12.6. The number of nitriles is 1. The van der Waals surface area contributed by atoms with Crippen molar-refractivity contribution < 1.29 is 0 Å². The molecule has 0 saturated carbocycles. The molecule has 1 atom stereocenters. The van der Waals surface area contributed by atoms with E-state index in [0.29, 0.717) is 11.6 Å². The van der Waals surface area contributed by atoms with Gasteiger partial charge in [-0.15, -0.1) is 0 Å². The maximum atomic E-state index is 9.43.